The van der Waals surface area contributed by atoms with E-state index in [2.05, 4.69) is 5.32 Å². The molecule has 0 unspecified atom stereocenters. The lowest BCUT2D eigenvalue weighted by Crippen LogP contribution is -2.26. The van der Waals surface area contributed by atoms with Crippen LogP contribution in [0.15, 0.2) is 12.1 Å². The van der Waals surface area contributed by atoms with Crippen molar-refractivity contribution < 1.29 is 4.79 Å². The Hall–Kier alpha value is -1.51. The largest absolute Gasteiger partial charge is 0.398 e. The van der Waals surface area contributed by atoms with Gasteiger partial charge in [0.05, 0.1) is 0 Å². The number of rotatable bonds is 2. The first-order chi connectivity index (χ1) is 7.08. The molecule has 0 spiro atoms. The zero-order valence-corrected chi connectivity index (χ0v) is 9.13. The maximum atomic E-state index is 11.8. The molecule has 0 aromatic heterocycles. The minimum Gasteiger partial charge on any atom is -0.398 e. The number of carbonyl (C=O) groups excluding carboxylic acids is 1. The number of nitrogens with one attached hydrogen (secondary N) is 1. The van der Waals surface area contributed by atoms with Crippen molar-refractivity contribution in [2.24, 2.45) is 0 Å². The number of anilines is 1. The monoisotopic (exact) mass is 204 g/mol. The SMILES string of the molecule is Cc1cc(C)c(C(=O)NC2CC2)cc1N. The van der Waals surface area contributed by atoms with Gasteiger partial charge in [0.2, 0.25) is 0 Å². The first kappa shape index (κ1) is 10.0. The van der Waals surface area contributed by atoms with Crippen LogP contribution in [0.1, 0.15) is 34.3 Å². The molecule has 0 saturated heterocycles. The molecular weight excluding hydrogens is 188 g/mol. The Bertz CT molecular complexity index is 408. The molecule has 0 aliphatic heterocycles. The Balaban J connectivity index is 2.25. The van der Waals surface area contributed by atoms with Crippen LogP contribution in [-0.4, -0.2) is 11.9 Å². The molecule has 1 aliphatic carbocycles. The average Bonchev–Trinajstić information content (AvgIpc) is 2.95. The Morgan fingerprint density at radius 3 is 2.60 bits per heavy atom. The first-order valence-corrected chi connectivity index (χ1v) is 5.25. The summed E-state index contributed by atoms with van der Waals surface area (Å²) in [5.41, 5.74) is 9.18. The Morgan fingerprint density at radius 1 is 1.33 bits per heavy atom. The van der Waals surface area contributed by atoms with Gasteiger partial charge in [-0.2, -0.15) is 0 Å². The van der Waals surface area contributed by atoms with Crippen LogP contribution in [0.2, 0.25) is 0 Å². The summed E-state index contributed by atoms with van der Waals surface area (Å²) in [5, 5.41) is 2.96. The van der Waals surface area contributed by atoms with E-state index in [9.17, 15) is 4.79 Å². The summed E-state index contributed by atoms with van der Waals surface area (Å²) in [4.78, 5) is 11.8. The van der Waals surface area contributed by atoms with Crippen LogP contribution in [0.4, 0.5) is 5.69 Å². The fourth-order valence-electron chi connectivity index (χ4n) is 1.60. The van der Waals surface area contributed by atoms with Crippen LogP contribution in [0.25, 0.3) is 0 Å². The number of aryl methyl sites for hydroxylation is 2. The van der Waals surface area contributed by atoms with Gasteiger partial charge in [0.25, 0.3) is 5.91 Å². The number of hydrogen-bond acceptors (Lipinski definition) is 2. The predicted molar refractivity (Wildman–Crippen MR) is 60.8 cm³/mol. The maximum Gasteiger partial charge on any atom is 0.251 e. The average molecular weight is 204 g/mol. The minimum atomic E-state index is 0.00157. The molecule has 0 radical (unpaired) electrons. The highest BCUT2D eigenvalue weighted by molar-refractivity contribution is 5.97. The summed E-state index contributed by atoms with van der Waals surface area (Å²) in [5.74, 6) is 0.00157. The van der Waals surface area contributed by atoms with Crippen molar-refractivity contribution in [1.82, 2.24) is 5.32 Å². The van der Waals surface area contributed by atoms with E-state index in [4.69, 9.17) is 5.73 Å². The van der Waals surface area contributed by atoms with Gasteiger partial charge in [-0.15, -0.1) is 0 Å². The quantitative estimate of drug-likeness (QED) is 0.721. The summed E-state index contributed by atoms with van der Waals surface area (Å²) in [7, 11) is 0. The lowest BCUT2D eigenvalue weighted by atomic mass is 10.0. The molecule has 1 fully saturated rings. The van der Waals surface area contributed by atoms with Gasteiger partial charge in [-0.05, 0) is 43.9 Å². The van der Waals surface area contributed by atoms with Crippen molar-refractivity contribution in [2.75, 3.05) is 5.73 Å². The summed E-state index contributed by atoms with van der Waals surface area (Å²) >= 11 is 0. The van der Waals surface area contributed by atoms with Gasteiger partial charge in [0.1, 0.15) is 0 Å². The van der Waals surface area contributed by atoms with Gasteiger partial charge in [-0.1, -0.05) is 6.07 Å². The molecule has 3 N–H and O–H groups in total. The van der Waals surface area contributed by atoms with Crippen LogP contribution < -0.4 is 11.1 Å². The number of nitrogens with two attached hydrogens (primary N) is 1. The molecule has 2 rings (SSSR count). The summed E-state index contributed by atoms with van der Waals surface area (Å²) in [6.45, 7) is 3.89. The van der Waals surface area contributed by atoms with E-state index in [0.717, 1.165) is 24.0 Å². The van der Waals surface area contributed by atoms with Crippen LogP contribution in [-0.2, 0) is 0 Å². The smallest absolute Gasteiger partial charge is 0.251 e. The summed E-state index contributed by atoms with van der Waals surface area (Å²) in [6.07, 6.45) is 2.21. The van der Waals surface area contributed by atoms with Crippen molar-refractivity contribution in [3.63, 3.8) is 0 Å². The lowest BCUT2D eigenvalue weighted by Gasteiger charge is -2.09. The second kappa shape index (κ2) is 3.57. The molecule has 3 heteroatoms. The van der Waals surface area contributed by atoms with Crippen molar-refractivity contribution in [3.05, 3.63) is 28.8 Å². The van der Waals surface area contributed by atoms with Crippen molar-refractivity contribution in [2.45, 2.75) is 32.7 Å². The number of nitrogen functional groups attached to an aromatic ring is 1. The highest BCUT2D eigenvalue weighted by atomic mass is 16.1. The number of amides is 1. The van der Waals surface area contributed by atoms with Crippen molar-refractivity contribution >= 4 is 11.6 Å². The summed E-state index contributed by atoms with van der Waals surface area (Å²) in [6, 6.07) is 4.11. The van der Waals surface area contributed by atoms with Crippen LogP contribution in [0, 0.1) is 13.8 Å². The zero-order valence-electron chi connectivity index (χ0n) is 9.13. The second-order valence-electron chi connectivity index (χ2n) is 4.27. The standard InChI is InChI=1S/C12H16N2O/c1-7-5-8(2)11(13)6-10(7)12(15)14-9-3-4-9/h5-6,9H,3-4,13H2,1-2H3,(H,14,15). The predicted octanol–water partition coefficient (Wildman–Crippen LogP) is 1.78. The van der Waals surface area contributed by atoms with E-state index >= 15 is 0 Å². The summed E-state index contributed by atoms with van der Waals surface area (Å²) < 4.78 is 0. The normalized spacial score (nSPS) is 15.1. The van der Waals surface area contributed by atoms with Gasteiger partial charge < -0.3 is 11.1 Å². The van der Waals surface area contributed by atoms with E-state index in [0.29, 0.717) is 17.3 Å². The molecule has 1 aliphatic rings. The molecule has 0 heterocycles. The minimum absolute atomic E-state index is 0.00157. The van der Waals surface area contributed by atoms with Crippen LogP contribution in [0.5, 0.6) is 0 Å². The van der Waals surface area contributed by atoms with Gasteiger partial charge in [0, 0.05) is 17.3 Å². The highest BCUT2D eigenvalue weighted by Gasteiger charge is 2.24. The fraction of sp³-hybridized carbons (Fsp3) is 0.417. The topological polar surface area (TPSA) is 55.1 Å². The third-order valence-corrected chi connectivity index (χ3v) is 2.77. The molecule has 15 heavy (non-hydrogen) atoms. The van der Waals surface area contributed by atoms with Crippen LogP contribution >= 0.6 is 0 Å². The third-order valence-electron chi connectivity index (χ3n) is 2.77. The number of carbonyl (C=O) groups is 1. The van der Waals surface area contributed by atoms with Crippen LogP contribution in [0.3, 0.4) is 0 Å². The van der Waals surface area contributed by atoms with E-state index in [1.165, 1.54) is 0 Å². The van der Waals surface area contributed by atoms with Crippen molar-refractivity contribution in [1.29, 1.82) is 0 Å². The molecule has 0 atom stereocenters. The van der Waals surface area contributed by atoms with Gasteiger partial charge in [-0.3, -0.25) is 4.79 Å². The molecule has 3 nitrogen and oxygen atoms in total. The molecule has 1 aromatic carbocycles. The lowest BCUT2D eigenvalue weighted by molar-refractivity contribution is 0.0950. The highest BCUT2D eigenvalue weighted by Crippen LogP contribution is 2.22. The van der Waals surface area contributed by atoms with E-state index in [1.54, 1.807) is 6.07 Å². The molecule has 1 amide bonds. The van der Waals surface area contributed by atoms with E-state index < -0.39 is 0 Å². The number of benzene rings is 1. The molecule has 0 bridgehead atoms. The number of hydrogen-bond donors (Lipinski definition) is 2. The molecule has 1 saturated carbocycles. The zero-order chi connectivity index (χ0) is 11.0. The van der Waals surface area contributed by atoms with E-state index in [1.807, 2.05) is 19.9 Å². The Kier molecular flexibility index (Phi) is 2.39. The van der Waals surface area contributed by atoms with Gasteiger partial charge in [0.15, 0.2) is 0 Å². The first-order valence-electron chi connectivity index (χ1n) is 5.25. The van der Waals surface area contributed by atoms with E-state index in [-0.39, 0.29) is 5.91 Å². The van der Waals surface area contributed by atoms with Gasteiger partial charge >= 0.3 is 0 Å². The van der Waals surface area contributed by atoms with Gasteiger partial charge in [-0.25, -0.2) is 0 Å². The molecule has 1 aromatic rings. The molecular formula is C12H16N2O. The second-order valence-corrected chi connectivity index (χ2v) is 4.27. The maximum absolute atomic E-state index is 11.8. The fourth-order valence-corrected chi connectivity index (χ4v) is 1.60. The third kappa shape index (κ3) is 2.12. The molecule has 80 valence electrons. The Morgan fingerprint density at radius 2 is 2.00 bits per heavy atom. The van der Waals surface area contributed by atoms with Crippen molar-refractivity contribution in [3.8, 4) is 0 Å². The Labute approximate surface area is 89.7 Å².